The van der Waals surface area contributed by atoms with Crippen LogP contribution in [0.3, 0.4) is 0 Å². The SMILES string of the molecule is CN(C(N)=NCc1ncc(C(C)(C)C)o1)C1CC1.I. The standard InChI is InChI=1S/C13H22N4O.HI/c1-13(2,3)10-7-15-11(18-10)8-16-12(14)17(4)9-5-6-9;/h7,9H,5-6,8H2,1-4H3,(H2,14,16);1H. The summed E-state index contributed by atoms with van der Waals surface area (Å²) in [5, 5.41) is 0. The predicted octanol–water partition coefficient (Wildman–Crippen LogP) is 2.50. The summed E-state index contributed by atoms with van der Waals surface area (Å²) in [5.41, 5.74) is 5.88. The maximum absolute atomic E-state index is 5.91. The van der Waals surface area contributed by atoms with Crippen molar-refractivity contribution < 1.29 is 4.42 Å². The molecule has 1 aliphatic carbocycles. The Balaban J connectivity index is 0.00000180. The maximum atomic E-state index is 5.91. The van der Waals surface area contributed by atoms with E-state index in [0.29, 0.717) is 24.4 Å². The van der Waals surface area contributed by atoms with Crippen molar-refractivity contribution in [3.63, 3.8) is 0 Å². The molecule has 5 nitrogen and oxygen atoms in total. The monoisotopic (exact) mass is 378 g/mol. The Labute approximate surface area is 131 Å². The summed E-state index contributed by atoms with van der Waals surface area (Å²) >= 11 is 0. The Morgan fingerprint density at radius 3 is 2.63 bits per heavy atom. The molecule has 0 aromatic carbocycles. The van der Waals surface area contributed by atoms with Crippen molar-refractivity contribution in [2.75, 3.05) is 7.05 Å². The number of hydrogen-bond acceptors (Lipinski definition) is 3. The minimum atomic E-state index is -0.0225. The molecule has 1 aromatic rings. The fourth-order valence-electron chi connectivity index (χ4n) is 1.64. The number of guanidine groups is 1. The second kappa shape index (κ2) is 6.11. The third kappa shape index (κ3) is 4.36. The molecular formula is C13H23IN4O. The molecule has 1 aliphatic rings. The number of nitrogens with two attached hydrogens (primary N) is 1. The number of aliphatic imine (C=N–C) groups is 1. The lowest BCUT2D eigenvalue weighted by atomic mass is 9.94. The number of nitrogens with zero attached hydrogens (tertiary/aromatic N) is 3. The zero-order valence-electron chi connectivity index (χ0n) is 12.0. The Kier molecular flexibility index (Phi) is 5.23. The van der Waals surface area contributed by atoms with Gasteiger partial charge in [0, 0.05) is 18.5 Å². The molecule has 1 aromatic heterocycles. The number of hydrogen-bond donors (Lipinski definition) is 1. The van der Waals surface area contributed by atoms with Gasteiger partial charge in [-0.15, -0.1) is 24.0 Å². The van der Waals surface area contributed by atoms with E-state index >= 15 is 0 Å². The van der Waals surface area contributed by atoms with Crippen molar-refractivity contribution in [3.05, 3.63) is 17.8 Å². The van der Waals surface area contributed by atoms with E-state index in [1.54, 1.807) is 6.20 Å². The first-order valence-corrected chi connectivity index (χ1v) is 6.36. The zero-order valence-corrected chi connectivity index (χ0v) is 14.3. The van der Waals surface area contributed by atoms with Gasteiger partial charge in [0.2, 0.25) is 5.89 Å². The van der Waals surface area contributed by atoms with E-state index in [9.17, 15) is 0 Å². The van der Waals surface area contributed by atoms with Gasteiger partial charge >= 0.3 is 0 Å². The molecule has 0 radical (unpaired) electrons. The number of rotatable bonds is 3. The molecule has 108 valence electrons. The highest BCUT2D eigenvalue weighted by Gasteiger charge is 2.27. The number of halogens is 1. The Morgan fingerprint density at radius 1 is 1.53 bits per heavy atom. The van der Waals surface area contributed by atoms with Crippen LogP contribution in [0.2, 0.25) is 0 Å². The Bertz CT molecular complexity index is 446. The van der Waals surface area contributed by atoms with Crippen molar-refractivity contribution in [1.29, 1.82) is 0 Å². The van der Waals surface area contributed by atoms with Gasteiger partial charge in [0.05, 0.1) is 6.20 Å². The molecule has 6 heteroatoms. The summed E-state index contributed by atoms with van der Waals surface area (Å²) < 4.78 is 5.66. The van der Waals surface area contributed by atoms with E-state index in [4.69, 9.17) is 10.2 Å². The van der Waals surface area contributed by atoms with Crippen LogP contribution in [-0.4, -0.2) is 28.9 Å². The van der Waals surface area contributed by atoms with E-state index in [-0.39, 0.29) is 29.4 Å². The molecule has 0 amide bonds. The van der Waals surface area contributed by atoms with Crippen LogP contribution in [0.25, 0.3) is 0 Å². The molecule has 0 atom stereocenters. The Morgan fingerprint density at radius 2 is 2.16 bits per heavy atom. The second-order valence-corrected chi connectivity index (χ2v) is 5.88. The summed E-state index contributed by atoms with van der Waals surface area (Å²) in [4.78, 5) is 10.6. The summed E-state index contributed by atoms with van der Waals surface area (Å²) in [6.07, 6.45) is 4.19. The van der Waals surface area contributed by atoms with E-state index in [1.807, 2.05) is 11.9 Å². The quantitative estimate of drug-likeness (QED) is 0.499. The average Bonchev–Trinajstić information content (AvgIpc) is 3.02. The van der Waals surface area contributed by atoms with E-state index in [0.717, 1.165) is 5.76 Å². The van der Waals surface area contributed by atoms with Gasteiger partial charge in [-0.3, -0.25) is 0 Å². The van der Waals surface area contributed by atoms with E-state index in [1.165, 1.54) is 12.8 Å². The van der Waals surface area contributed by atoms with Crippen LogP contribution >= 0.6 is 24.0 Å². The molecule has 1 saturated carbocycles. The molecule has 0 bridgehead atoms. The first-order valence-electron chi connectivity index (χ1n) is 6.36. The number of aromatic nitrogens is 1. The fraction of sp³-hybridized carbons (Fsp3) is 0.692. The smallest absolute Gasteiger partial charge is 0.216 e. The lowest BCUT2D eigenvalue weighted by Crippen LogP contribution is -2.35. The highest BCUT2D eigenvalue weighted by Crippen LogP contribution is 2.25. The molecule has 0 saturated heterocycles. The van der Waals surface area contributed by atoms with E-state index in [2.05, 4.69) is 30.7 Å². The van der Waals surface area contributed by atoms with Gasteiger partial charge in [-0.05, 0) is 12.8 Å². The summed E-state index contributed by atoms with van der Waals surface area (Å²) in [6.45, 7) is 6.68. The van der Waals surface area contributed by atoms with Crippen LogP contribution in [0.5, 0.6) is 0 Å². The number of oxazole rings is 1. The molecule has 0 unspecified atom stereocenters. The van der Waals surface area contributed by atoms with Crippen LogP contribution in [0, 0.1) is 0 Å². The molecule has 0 spiro atoms. The van der Waals surface area contributed by atoms with Crippen molar-refractivity contribution in [1.82, 2.24) is 9.88 Å². The molecule has 1 heterocycles. The first kappa shape index (κ1) is 16.3. The summed E-state index contributed by atoms with van der Waals surface area (Å²) in [7, 11) is 1.98. The van der Waals surface area contributed by atoms with Gasteiger partial charge < -0.3 is 15.1 Å². The predicted molar refractivity (Wildman–Crippen MR) is 86.7 cm³/mol. The van der Waals surface area contributed by atoms with Gasteiger partial charge in [-0.1, -0.05) is 20.8 Å². The van der Waals surface area contributed by atoms with Crippen LogP contribution in [0.15, 0.2) is 15.6 Å². The lowest BCUT2D eigenvalue weighted by Gasteiger charge is -2.16. The fourth-order valence-corrected chi connectivity index (χ4v) is 1.64. The van der Waals surface area contributed by atoms with Crippen LogP contribution in [0.4, 0.5) is 0 Å². The zero-order chi connectivity index (χ0) is 13.3. The highest BCUT2D eigenvalue weighted by molar-refractivity contribution is 14.0. The van der Waals surface area contributed by atoms with Gasteiger partial charge in [0.15, 0.2) is 5.96 Å². The minimum absolute atomic E-state index is 0. The van der Waals surface area contributed by atoms with Gasteiger partial charge in [-0.25, -0.2) is 9.98 Å². The average molecular weight is 378 g/mol. The van der Waals surface area contributed by atoms with Crippen LogP contribution in [0.1, 0.15) is 45.3 Å². The van der Waals surface area contributed by atoms with Gasteiger partial charge in [0.25, 0.3) is 0 Å². The lowest BCUT2D eigenvalue weighted by molar-refractivity contribution is 0.382. The van der Waals surface area contributed by atoms with Crippen molar-refractivity contribution in [2.24, 2.45) is 10.7 Å². The van der Waals surface area contributed by atoms with E-state index < -0.39 is 0 Å². The Hall–Kier alpha value is -0.790. The molecule has 19 heavy (non-hydrogen) atoms. The van der Waals surface area contributed by atoms with Crippen LogP contribution in [-0.2, 0) is 12.0 Å². The molecule has 2 N–H and O–H groups in total. The highest BCUT2D eigenvalue weighted by atomic mass is 127. The third-order valence-electron chi connectivity index (χ3n) is 3.13. The topological polar surface area (TPSA) is 67.7 Å². The normalized spacial score (nSPS) is 16.1. The van der Waals surface area contributed by atoms with Crippen molar-refractivity contribution >= 4 is 29.9 Å². The van der Waals surface area contributed by atoms with Gasteiger partial charge in [-0.2, -0.15) is 0 Å². The van der Waals surface area contributed by atoms with Crippen LogP contribution < -0.4 is 5.73 Å². The van der Waals surface area contributed by atoms with Gasteiger partial charge in [0.1, 0.15) is 12.3 Å². The largest absolute Gasteiger partial charge is 0.443 e. The molecule has 0 aliphatic heterocycles. The summed E-state index contributed by atoms with van der Waals surface area (Å²) in [5.74, 6) is 2.06. The summed E-state index contributed by atoms with van der Waals surface area (Å²) in [6, 6.07) is 0.573. The maximum Gasteiger partial charge on any atom is 0.216 e. The minimum Gasteiger partial charge on any atom is -0.443 e. The van der Waals surface area contributed by atoms with Crippen molar-refractivity contribution in [2.45, 2.75) is 51.6 Å². The van der Waals surface area contributed by atoms with Crippen molar-refractivity contribution in [3.8, 4) is 0 Å². The second-order valence-electron chi connectivity index (χ2n) is 5.88. The molecular weight excluding hydrogens is 355 g/mol. The molecule has 2 rings (SSSR count). The molecule has 1 fully saturated rings. The first-order chi connectivity index (χ1) is 8.38. The third-order valence-corrected chi connectivity index (χ3v) is 3.13.